The molecular formula is C19H25N5O2. The van der Waals surface area contributed by atoms with Crippen molar-refractivity contribution >= 4 is 23.7 Å². The second kappa shape index (κ2) is 5.72. The highest BCUT2D eigenvalue weighted by Gasteiger charge is 2.51. The predicted octanol–water partition coefficient (Wildman–Crippen LogP) is 2.91. The van der Waals surface area contributed by atoms with Gasteiger partial charge in [0, 0.05) is 10.8 Å². The Bertz CT molecular complexity index is 689. The van der Waals surface area contributed by atoms with E-state index in [1.54, 1.807) is 0 Å². The summed E-state index contributed by atoms with van der Waals surface area (Å²) in [5.41, 5.74) is -0.468. The smallest absolute Gasteiger partial charge is 0.234 e. The van der Waals surface area contributed by atoms with Crippen LogP contribution in [0.3, 0.4) is 0 Å². The fourth-order valence-electron chi connectivity index (χ4n) is 5.91. The van der Waals surface area contributed by atoms with Crippen LogP contribution in [0, 0.1) is 22.7 Å². The Labute approximate surface area is 152 Å². The van der Waals surface area contributed by atoms with Gasteiger partial charge in [-0.05, 0) is 76.0 Å². The number of amides is 2. The van der Waals surface area contributed by atoms with Crippen molar-refractivity contribution in [2.75, 3.05) is 10.6 Å². The van der Waals surface area contributed by atoms with Crippen molar-refractivity contribution in [2.24, 2.45) is 22.7 Å². The molecule has 4 saturated carbocycles. The number of rotatable bonds is 4. The third-order valence-corrected chi connectivity index (χ3v) is 7.47. The number of nitrogens with zero attached hydrogens (tertiary/aromatic N) is 3. The number of hydrogen-bond acceptors (Lipinski definition) is 5. The van der Waals surface area contributed by atoms with E-state index in [0.717, 1.165) is 64.2 Å². The monoisotopic (exact) mass is 355 g/mol. The number of aromatic nitrogens is 3. The minimum atomic E-state index is -0.234. The first-order valence-corrected chi connectivity index (χ1v) is 9.89. The molecule has 0 aromatic carbocycles. The van der Waals surface area contributed by atoms with Crippen molar-refractivity contribution in [2.45, 2.75) is 64.2 Å². The molecule has 26 heavy (non-hydrogen) atoms. The van der Waals surface area contributed by atoms with E-state index < -0.39 is 0 Å². The number of carbonyl (C=O) groups is 2. The Morgan fingerprint density at radius 1 is 0.808 bits per heavy atom. The SMILES string of the molecule is O=C(Nc1ncnc(NC(=O)C23CCC(CC2)C3)n1)C12CCC(CC1)C2. The van der Waals surface area contributed by atoms with Crippen molar-refractivity contribution in [3.63, 3.8) is 0 Å². The van der Waals surface area contributed by atoms with Gasteiger partial charge >= 0.3 is 0 Å². The van der Waals surface area contributed by atoms with Gasteiger partial charge in [-0.15, -0.1) is 0 Å². The van der Waals surface area contributed by atoms with Gasteiger partial charge in [-0.1, -0.05) is 0 Å². The fraction of sp³-hybridized carbons (Fsp3) is 0.737. The molecule has 1 aromatic rings. The Balaban J connectivity index is 1.27. The first-order valence-electron chi connectivity index (χ1n) is 9.89. The highest BCUT2D eigenvalue weighted by molar-refractivity contribution is 5.96. The molecule has 0 atom stereocenters. The van der Waals surface area contributed by atoms with E-state index in [2.05, 4.69) is 25.6 Å². The van der Waals surface area contributed by atoms with E-state index in [9.17, 15) is 9.59 Å². The first kappa shape index (κ1) is 16.1. The lowest BCUT2D eigenvalue weighted by molar-refractivity contribution is -0.125. The molecule has 4 bridgehead atoms. The zero-order valence-corrected chi connectivity index (χ0v) is 15.0. The van der Waals surface area contributed by atoms with E-state index in [-0.39, 0.29) is 34.5 Å². The van der Waals surface area contributed by atoms with Crippen molar-refractivity contribution in [1.29, 1.82) is 0 Å². The lowest BCUT2D eigenvalue weighted by Gasteiger charge is -2.25. The molecule has 5 rings (SSSR count). The number of hydrogen-bond donors (Lipinski definition) is 2. The van der Waals surface area contributed by atoms with E-state index >= 15 is 0 Å². The van der Waals surface area contributed by atoms with Gasteiger partial charge in [-0.2, -0.15) is 4.98 Å². The second-order valence-electron chi connectivity index (χ2n) is 8.90. The van der Waals surface area contributed by atoms with Gasteiger partial charge < -0.3 is 0 Å². The van der Waals surface area contributed by atoms with Crippen LogP contribution in [0.5, 0.6) is 0 Å². The van der Waals surface area contributed by atoms with E-state index in [1.807, 2.05) is 0 Å². The molecule has 7 heteroatoms. The molecule has 138 valence electrons. The number of anilines is 2. The summed E-state index contributed by atoms with van der Waals surface area (Å²) in [6, 6.07) is 0. The summed E-state index contributed by atoms with van der Waals surface area (Å²) in [6.45, 7) is 0. The van der Waals surface area contributed by atoms with Crippen molar-refractivity contribution < 1.29 is 9.59 Å². The summed E-state index contributed by atoms with van der Waals surface area (Å²) in [5, 5.41) is 5.73. The van der Waals surface area contributed by atoms with Gasteiger partial charge in [-0.25, -0.2) is 9.97 Å². The van der Waals surface area contributed by atoms with Crippen LogP contribution < -0.4 is 10.6 Å². The van der Waals surface area contributed by atoms with Gasteiger partial charge in [0.2, 0.25) is 23.7 Å². The number of carbonyl (C=O) groups excluding carboxylic acids is 2. The molecule has 4 aliphatic carbocycles. The minimum absolute atomic E-state index is 0.0222. The van der Waals surface area contributed by atoms with Gasteiger partial charge in [0.25, 0.3) is 0 Å². The van der Waals surface area contributed by atoms with Gasteiger partial charge in [0.05, 0.1) is 0 Å². The fourth-order valence-corrected chi connectivity index (χ4v) is 5.91. The summed E-state index contributed by atoms with van der Waals surface area (Å²) < 4.78 is 0. The van der Waals surface area contributed by atoms with Crippen LogP contribution in [0.4, 0.5) is 11.9 Å². The summed E-state index contributed by atoms with van der Waals surface area (Å²) >= 11 is 0. The average molecular weight is 355 g/mol. The highest BCUT2D eigenvalue weighted by atomic mass is 16.2. The second-order valence-corrected chi connectivity index (χ2v) is 8.90. The van der Waals surface area contributed by atoms with Crippen molar-refractivity contribution in [3.05, 3.63) is 6.33 Å². The Morgan fingerprint density at radius 3 is 1.58 bits per heavy atom. The molecule has 0 unspecified atom stereocenters. The van der Waals surface area contributed by atoms with E-state index in [1.165, 1.54) is 6.33 Å². The lowest BCUT2D eigenvalue weighted by Crippen LogP contribution is -2.34. The maximum absolute atomic E-state index is 12.7. The van der Waals surface area contributed by atoms with Crippen molar-refractivity contribution in [1.82, 2.24) is 15.0 Å². The third kappa shape index (κ3) is 2.51. The van der Waals surface area contributed by atoms with Gasteiger partial charge in [0.15, 0.2) is 0 Å². The minimum Gasteiger partial charge on any atom is -0.294 e. The number of nitrogens with one attached hydrogen (secondary N) is 2. The lowest BCUT2D eigenvalue weighted by atomic mass is 9.83. The Morgan fingerprint density at radius 2 is 1.23 bits per heavy atom. The molecule has 4 fully saturated rings. The number of fused-ring (bicyclic) bond motifs is 4. The third-order valence-electron chi connectivity index (χ3n) is 7.47. The van der Waals surface area contributed by atoms with Crippen LogP contribution in [-0.4, -0.2) is 26.8 Å². The standard InChI is InChI=1S/C19H25N5O2/c25-14(18-5-1-12(9-18)2-6-18)22-16-20-11-21-17(24-16)23-15(26)19-7-3-13(10-19)4-8-19/h11-13H,1-10H2,(H2,20,21,22,23,24,25,26). The van der Waals surface area contributed by atoms with E-state index in [4.69, 9.17) is 0 Å². The van der Waals surface area contributed by atoms with Crippen LogP contribution >= 0.6 is 0 Å². The average Bonchev–Trinajstić information content (AvgIpc) is 3.43. The predicted molar refractivity (Wildman–Crippen MR) is 95.1 cm³/mol. The molecule has 1 aromatic heterocycles. The van der Waals surface area contributed by atoms with Crippen LogP contribution in [0.15, 0.2) is 6.33 Å². The summed E-state index contributed by atoms with van der Waals surface area (Å²) in [6.07, 6.45) is 11.8. The molecule has 0 aliphatic heterocycles. The molecule has 0 saturated heterocycles. The normalized spacial score (nSPS) is 37.1. The Hall–Kier alpha value is -2.05. The summed E-state index contributed by atoms with van der Waals surface area (Å²) in [4.78, 5) is 37.9. The van der Waals surface area contributed by atoms with Crippen LogP contribution in [0.1, 0.15) is 64.2 Å². The highest BCUT2D eigenvalue weighted by Crippen LogP contribution is 2.55. The largest absolute Gasteiger partial charge is 0.294 e. The molecule has 2 amide bonds. The van der Waals surface area contributed by atoms with Crippen LogP contribution in [-0.2, 0) is 9.59 Å². The van der Waals surface area contributed by atoms with E-state index in [0.29, 0.717) is 11.8 Å². The van der Waals surface area contributed by atoms with Gasteiger partial charge in [-0.3, -0.25) is 20.2 Å². The molecule has 1 heterocycles. The topological polar surface area (TPSA) is 96.9 Å². The zero-order chi connectivity index (χ0) is 17.8. The Kier molecular flexibility index (Phi) is 3.56. The molecule has 0 spiro atoms. The molecule has 0 radical (unpaired) electrons. The molecule has 4 aliphatic rings. The maximum Gasteiger partial charge on any atom is 0.234 e. The van der Waals surface area contributed by atoms with Gasteiger partial charge in [0.1, 0.15) is 6.33 Å². The van der Waals surface area contributed by atoms with Crippen LogP contribution in [0.2, 0.25) is 0 Å². The molecule has 7 nitrogen and oxygen atoms in total. The maximum atomic E-state index is 12.7. The zero-order valence-electron chi connectivity index (χ0n) is 15.0. The van der Waals surface area contributed by atoms with Crippen molar-refractivity contribution in [3.8, 4) is 0 Å². The summed E-state index contributed by atoms with van der Waals surface area (Å²) in [7, 11) is 0. The van der Waals surface area contributed by atoms with Crippen LogP contribution in [0.25, 0.3) is 0 Å². The quantitative estimate of drug-likeness (QED) is 0.865. The first-order chi connectivity index (χ1) is 12.6. The molecule has 2 N–H and O–H groups in total. The summed E-state index contributed by atoms with van der Waals surface area (Å²) in [5.74, 6) is 1.92. The molecular weight excluding hydrogens is 330 g/mol.